The van der Waals surface area contributed by atoms with E-state index in [0.29, 0.717) is 19.6 Å². The predicted octanol–water partition coefficient (Wildman–Crippen LogP) is 6.08. The van der Waals surface area contributed by atoms with Crippen LogP contribution in [0, 0.1) is 0 Å². The fourth-order valence-electron chi connectivity index (χ4n) is 5.00. The summed E-state index contributed by atoms with van der Waals surface area (Å²) in [5, 5.41) is 0. The molecule has 1 aliphatic carbocycles. The number of aromatic nitrogens is 1. The summed E-state index contributed by atoms with van der Waals surface area (Å²) in [4.78, 5) is 23.7. The summed E-state index contributed by atoms with van der Waals surface area (Å²) in [5.41, 5.74) is 4.04. The molecule has 3 aliphatic rings. The predicted molar refractivity (Wildman–Crippen MR) is 143 cm³/mol. The van der Waals surface area contributed by atoms with Crippen LogP contribution in [0.25, 0.3) is 0 Å². The molecular weight excluding hydrogens is 466 g/mol. The van der Waals surface area contributed by atoms with E-state index in [0.717, 1.165) is 65.6 Å². The highest BCUT2D eigenvalue weighted by molar-refractivity contribution is 5.79. The summed E-state index contributed by atoms with van der Waals surface area (Å²) < 4.78 is 17.5. The molecule has 2 aromatic carbocycles. The van der Waals surface area contributed by atoms with Crippen molar-refractivity contribution in [3.8, 4) is 11.5 Å². The number of fused-ring (bicyclic) bond motifs is 2. The number of pyridine rings is 1. The van der Waals surface area contributed by atoms with Gasteiger partial charge in [-0.25, -0.2) is 4.98 Å². The Morgan fingerprint density at radius 2 is 2.03 bits per heavy atom. The number of anilines is 2. The number of nitrogens with zero attached hydrogens (tertiary/aromatic N) is 3. The molecule has 2 aliphatic heterocycles. The molecule has 0 spiro atoms. The Bertz CT molecular complexity index is 1310. The van der Waals surface area contributed by atoms with Crippen LogP contribution in [0.5, 0.6) is 11.5 Å². The lowest BCUT2D eigenvalue weighted by Crippen LogP contribution is -2.19. The van der Waals surface area contributed by atoms with E-state index in [1.807, 2.05) is 48.8 Å². The summed E-state index contributed by atoms with van der Waals surface area (Å²) in [6.07, 6.45) is 7.25. The molecule has 0 amide bonds. The molecule has 37 heavy (non-hydrogen) atoms. The van der Waals surface area contributed by atoms with Gasteiger partial charge in [0.15, 0.2) is 0 Å². The highest BCUT2D eigenvalue weighted by Gasteiger charge is 2.31. The average Bonchev–Trinajstić information content (AvgIpc) is 3.50. The molecule has 7 heteroatoms. The van der Waals surface area contributed by atoms with E-state index in [1.165, 1.54) is 0 Å². The smallest absolute Gasteiger partial charge is 0.306 e. The standard InChI is InChI=1S/C30H31N3O4/c1-2-14-33(28-8-3-4-13-31-28)26-7-5-6-25-21(19-36-30(25)26)17-32-22-9-12-24-20(18-35-27(24)16-22)15-29(34)37-23-10-11-23/h3-9,12-13,16-17,20-21,23H,2,10-11,14-15,18-19H2,1H3/t20-,21?/m1/s1. The second kappa shape index (κ2) is 10.2. The first-order valence-corrected chi connectivity index (χ1v) is 13.1. The van der Waals surface area contributed by atoms with Gasteiger partial charge in [0.1, 0.15) is 30.0 Å². The van der Waals surface area contributed by atoms with E-state index in [1.54, 1.807) is 0 Å². The van der Waals surface area contributed by atoms with E-state index in [2.05, 4.69) is 35.0 Å². The van der Waals surface area contributed by atoms with Gasteiger partial charge in [-0.15, -0.1) is 0 Å². The fourth-order valence-corrected chi connectivity index (χ4v) is 5.00. The maximum Gasteiger partial charge on any atom is 0.306 e. The number of benzene rings is 2. The van der Waals surface area contributed by atoms with Crippen molar-refractivity contribution in [3.05, 3.63) is 71.9 Å². The Balaban J connectivity index is 1.18. The largest absolute Gasteiger partial charge is 0.493 e. The minimum absolute atomic E-state index is 0.0398. The summed E-state index contributed by atoms with van der Waals surface area (Å²) in [5.74, 6) is 2.58. The number of carbonyl (C=O) groups excluding carboxylic acids is 1. The van der Waals surface area contributed by atoms with Crippen molar-refractivity contribution >= 4 is 29.4 Å². The normalized spacial score (nSPS) is 19.7. The first kappa shape index (κ1) is 23.5. The van der Waals surface area contributed by atoms with Gasteiger partial charge in [-0.05, 0) is 43.5 Å². The van der Waals surface area contributed by atoms with Crippen LogP contribution in [0.15, 0.2) is 65.8 Å². The molecule has 3 heterocycles. The molecule has 0 bridgehead atoms. The Morgan fingerprint density at radius 1 is 1.11 bits per heavy atom. The fraction of sp³-hybridized carbons (Fsp3) is 0.367. The molecule has 0 saturated heterocycles. The van der Waals surface area contributed by atoms with E-state index in [4.69, 9.17) is 19.2 Å². The number of hydrogen-bond acceptors (Lipinski definition) is 7. The van der Waals surface area contributed by atoms with Crippen molar-refractivity contribution in [1.82, 2.24) is 4.98 Å². The molecular formula is C30H31N3O4. The molecule has 2 atom stereocenters. The second-order valence-corrected chi connectivity index (χ2v) is 9.85. The van der Waals surface area contributed by atoms with Crippen molar-refractivity contribution in [2.24, 2.45) is 4.99 Å². The average molecular weight is 498 g/mol. The van der Waals surface area contributed by atoms with Gasteiger partial charge in [-0.1, -0.05) is 31.2 Å². The number of para-hydroxylation sites is 1. The lowest BCUT2D eigenvalue weighted by atomic mass is 9.97. The summed E-state index contributed by atoms with van der Waals surface area (Å²) in [6, 6.07) is 18.2. The Hall–Kier alpha value is -3.87. The van der Waals surface area contributed by atoms with Crippen LogP contribution in [0.4, 0.5) is 17.2 Å². The topological polar surface area (TPSA) is 73.3 Å². The van der Waals surface area contributed by atoms with Crippen molar-refractivity contribution in [2.75, 3.05) is 24.7 Å². The molecule has 190 valence electrons. The molecule has 1 aromatic heterocycles. The molecule has 0 N–H and O–H groups in total. The van der Waals surface area contributed by atoms with E-state index < -0.39 is 0 Å². The second-order valence-electron chi connectivity index (χ2n) is 9.85. The minimum Gasteiger partial charge on any atom is -0.493 e. The zero-order chi connectivity index (χ0) is 25.2. The number of rotatable bonds is 9. The van der Waals surface area contributed by atoms with Gasteiger partial charge in [-0.2, -0.15) is 0 Å². The van der Waals surface area contributed by atoms with Crippen LogP contribution in [0.3, 0.4) is 0 Å². The molecule has 1 saturated carbocycles. The molecule has 1 unspecified atom stereocenters. The maximum atomic E-state index is 12.1. The number of esters is 1. The quantitative estimate of drug-likeness (QED) is 0.264. The van der Waals surface area contributed by atoms with Crippen LogP contribution in [0.1, 0.15) is 55.6 Å². The maximum absolute atomic E-state index is 12.1. The van der Waals surface area contributed by atoms with Gasteiger partial charge < -0.3 is 19.1 Å². The summed E-state index contributed by atoms with van der Waals surface area (Å²) in [6.45, 7) is 4.06. The third-order valence-electron chi connectivity index (χ3n) is 7.01. The third-order valence-corrected chi connectivity index (χ3v) is 7.01. The molecule has 1 fully saturated rings. The van der Waals surface area contributed by atoms with Crippen LogP contribution >= 0.6 is 0 Å². The van der Waals surface area contributed by atoms with E-state index in [9.17, 15) is 4.79 Å². The first-order chi connectivity index (χ1) is 18.2. The van der Waals surface area contributed by atoms with Gasteiger partial charge in [-0.3, -0.25) is 9.79 Å². The monoisotopic (exact) mass is 497 g/mol. The molecule has 6 rings (SSSR count). The first-order valence-electron chi connectivity index (χ1n) is 13.1. The van der Waals surface area contributed by atoms with Gasteiger partial charge in [0.05, 0.1) is 30.3 Å². The van der Waals surface area contributed by atoms with Crippen LogP contribution in [-0.4, -0.2) is 43.0 Å². The van der Waals surface area contributed by atoms with Gasteiger partial charge in [0, 0.05) is 42.1 Å². The van der Waals surface area contributed by atoms with Gasteiger partial charge >= 0.3 is 5.97 Å². The number of aliphatic imine (C=N–C) groups is 1. The lowest BCUT2D eigenvalue weighted by Gasteiger charge is -2.25. The van der Waals surface area contributed by atoms with Crippen LogP contribution in [0.2, 0.25) is 0 Å². The van der Waals surface area contributed by atoms with Gasteiger partial charge in [0.2, 0.25) is 0 Å². The van der Waals surface area contributed by atoms with Crippen molar-refractivity contribution in [2.45, 2.75) is 50.5 Å². The van der Waals surface area contributed by atoms with Crippen LogP contribution < -0.4 is 14.4 Å². The van der Waals surface area contributed by atoms with E-state index >= 15 is 0 Å². The number of ether oxygens (including phenoxy) is 3. The highest BCUT2D eigenvalue weighted by Crippen LogP contribution is 2.43. The SMILES string of the molecule is CCCN(c1ccccn1)c1cccc2c1OCC2C=Nc1ccc2c(c1)OC[C@H]2CC(=O)OC1CC1. The minimum atomic E-state index is -0.133. The highest BCUT2D eigenvalue weighted by atomic mass is 16.5. The van der Waals surface area contributed by atoms with E-state index in [-0.39, 0.29) is 23.9 Å². The molecule has 0 radical (unpaired) electrons. The van der Waals surface area contributed by atoms with Crippen molar-refractivity contribution in [1.29, 1.82) is 0 Å². The van der Waals surface area contributed by atoms with Crippen molar-refractivity contribution < 1.29 is 19.0 Å². The third kappa shape index (κ3) is 5.03. The molecule has 7 nitrogen and oxygen atoms in total. The lowest BCUT2D eigenvalue weighted by molar-refractivity contribution is -0.145. The zero-order valence-electron chi connectivity index (χ0n) is 21.0. The molecule has 3 aromatic rings. The van der Waals surface area contributed by atoms with Crippen molar-refractivity contribution in [3.63, 3.8) is 0 Å². The Kier molecular flexibility index (Phi) is 6.51. The summed E-state index contributed by atoms with van der Waals surface area (Å²) in [7, 11) is 0. The Morgan fingerprint density at radius 3 is 2.84 bits per heavy atom. The summed E-state index contributed by atoms with van der Waals surface area (Å²) >= 11 is 0. The van der Waals surface area contributed by atoms with Crippen LogP contribution in [-0.2, 0) is 9.53 Å². The number of hydrogen-bond donors (Lipinski definition) is 0. The Labute approximate surface area is 217 Å². The van der Waals surface area contributed by atoms with Gasteiger partial charge in [0.25, 0.3) is 0 Å². The number of carbonyl (C=O) groups is 1. The zero-order valence-corrected chi connectivity index (χ0v) is 21.0.